The summed E-state index contributed by atoms with van der Waals surface area (Å²) in [6.07, 6.45) is 4.29. The Morgan fingerprint density at radius 2 is 1.79 bits per heavy atom. The lowest BCUT2D eigenvalue weighted by molar-refractivity contribution is -0.384. The number of hydrogen-bond acceptors (Lipinski definition) is 5. The first kappa shape index (κ1) is 17.5. The van der Waals surface area contributed by atoms with E-state index >= 15 is 0 Å². The number of non-ortho nitro benzene ring substituents is 1. The van der Waals surface area contributed by atoms with Crippen molar-refractivity contribution in [3.63, 3.8) is 0 Å². The largest absolute Gasteiger partial charge is 0.449 e. The molecule has 0 N–H and O–H groups in total. The second-order valence-corrected chi connectivity index (χ2v) is 8.29. The maximum Gasteiger partial charge on any atom is 0.269 e. The average molecular weight is 381 g/mol. The zero-order valence-electron chi connectivity index (χ0n) is 16.0. The molecule has 0 aromatic heterocycles. The fraction of sp³-hybridized carbons (Fsp3) is 0.455. The van der Waals surface area contributed by atoms with Gasteiger partial charge in [-0.1, -0.05) is 18.9 Å². The summed E-state index contributed by atoms with van der Waals surface area (Å²) in [7, 11) is 0. The zero-order chi connectivity index (χ0) is 19.5. The second-order valence-electron chi connectivity index (χ2n) is 8.29. The van der Waals surface area contributed by atoms with Crippen LogP contribution < -0.4 is 9.47 Å². The number of nitrogens with zero attached hydrogens (tertiary/aromatic N) is 1. The molecule has 3 atom stereocenters. The van der Waals surface area contributed by atoms with Crippen LogP contribution in [0.2, 0.25) is 0 Å². The quantitative estimate of drug-likeness (QED) is 0.525. The Kier molecular flexibility index (Phi) is 3.88. The van der Waals surface area contributed by atoms with E-state index in [1.54, 1.807) is 24.3 Å². The highest BCUT2D eigenvalue weighted by Crippen LogP contribution is 2.55. The highest BCUT2D eigenvalue weighted by molar-refractivity contribution is 5.58. The predicted octanol–water partition coefficient (Wildman–Crippen LogP) is 5.25. The number of rotatable bonds is 2. The summed E-state index contributed by atoms with van der Waals surface area (Å²) in [5.41, 5.74) is 3.29. The Balaban J connectivity index is 1.63. The molecule has 5 rings (SSSR count). The summed E-state index contributed by atoms with van der Waals surface area (Å²) in [6, 6.07) is 10.7. The fourth-order valence-electron chi connectivity index (χ4n) is 4.79. The third-order valence-electron chi connectivity index (χ3n) is 5.97. The lowest BCUT2D eigenvalue weighted by atomic mass is 9.75. The van der Waals surface area contributed by atoms with E-state index in [9.17, 15) is 10.1 Å². The van der Waals surface area contributed by atoms with E-state index in [1.165, 1.54) is 12.0 Å². The van der Waals surface area contributed by atoms with Gasteiger partial charge in [0, 0.05) is 37.5 Å². The van der Waals surface area contributed by atoms with E-state index < -0.39 is 5.79 Å². The lowest BCUT2D eigenvalue weighted by Crippen LogP contribution is -2.34. The molecule has 6 heteroatoms. The molecule has 0 bridgehead atoms. The van der Waals surface area contributed by atoms with Crippen LogP contribution in [0.5, 0.6) is 11.5 Å². The van der Waals surface area contributed by atoms with Crippen molar-refractivity contribution < 1.29 is 19.1 Å². The molecule has 0 radical (unpaired) electrons. The Morgan fingerprint density at radius 1 is 1.04 bits per heavy atom. The van der Waals surface area contributed by atoms with Gasteiger partial charge in [0.05, 0.1) is 11.0 Å². The molecule has 0 spiro atoms. The normalized spacial score (nSPS) is 27.0. The van der Waals surface area contributed by atoms with Crippen LogP contribution in [-0.2, 0) is 4.74 Å². The monoisotopic (exact) mass is 381 g/mol. The Hall–Kier alpha value is -2.60. The van der Waals surface area contributed by atoms with E-state index in [-0.39, 0.29) is 22.8 Å². The number of nitro benzene ring substituents is 1. The SMILES string of the molecule is CC1(C)Oc2ccc3c(c2O1)C1CCCCC1OC3c1ccc([N+](=O)[O-])cc1. The average Bonchev–Trinajstić information content (AvgIpc) is 3.01. The molecule has 2 aromatic carbocycles. The molecular formula is C22H23NO5. The van der Waals surface area contributed by atoms with Crippen LogP contribution in [0.15, 0.2) is 36.4 Å². The van der Waals surface area contributed by atoms with Gasteiger partial charge in [0.2, 0.25) is 5.79 Å². The van der Waals surface area contributed by atoms with Gasteiger partial charge in [-0.2, -0.15) is 0 Å². The highest BCUT2D eigenvalue weighted by Gasteiger charge is 2.44. The van der Waals surface area contributed by atoms with Crippen molar-refractivity contribution in [2.24, 2.45) is 0 Å². The van der Waals surface area contributed by atoms with Crippen molar-refractivity contribution in [2.75, 3.05) is 0 Å². The van der Waals surface area contributed by atoms with E-state index in [1.807, 2.05) is 19.9 Å². The van der Waals surface area contributed by atoms with E-state index in [0.717, 1.165) is 41.9 Å². The number of hydrogen-bond donors (Lipinski definition) is 0. The molecule has 6 nitrogen and oxygen atoms in total. The Bertz CT molecular complexity index is 937. The first-order valence-corrected chi connectivity index (χ1v) is 9.87. The van der Waals surface area contributed by atoms with Crippen LogP contribution in [0, 0.1) is 10.1 Å². The van der Waals surface area contributed by atoms with Gasteiger partial charge in [0.1, 0.15) is 6.10 Å². The molecule has 0 amide bonds. The molecule has 3 aliphatic rings. The third kappa shape index (κ3) is 2.75. The Morgan fingerprint density at radius 3 is 2.54 bits per heavy atom. The predicted molar refractivity (Wildman–Crippen MR) is 103 cm³/mol. The van der Waals surface area contributed by atoms with Gasteiger partial charge < -0.3 is 14.2 Å². The van der Waals surface area contributed by atoms with Crippen LogP contribution in [-0.4, -0.2) is 16.8 Å². The van der Waals surface area contributed by atoms with Crippen LogP contribution in [0.25, 0.3) is 0 Å². The maximum atomic E-state index is 11.0. The van der Waals surface area contributed by atoms with Crippen LogP contribution in [0.3, 0.4) is 0 Å². The minimum atomic E-state index is -0.678. The van der Waals surface area contributed by atoms with Gasteiger partial charge in [-0.05, 0) is 42.2 Å². The van der Waals surface area contributed by atoms with E-state index in [4.69, 9.17) is 14.2 Å². The second kappa shape index (κ2) is 6.21. The summed E-state index contributed by atoms with van der Waals surface area (Å²) < 4.78 is 18.7. The van der Waals surface area contributed by atoms with Gasteiger partial charge in [0.15, 0.2) is 11.5 Å². The smallest absolute Gasteiger partial charge is 0.269 e. The van der Waals surface area contributed by atoms with Gasteiger partial charge in [-0.15, -0.1) is 0 Å². The van der Waals surface area contributed by atoms with Crippen LogP contribution in [0.4, 0.5) is 5.69 Å². The molecule has 0 saturated heterocycles. The molecule has 2 heterocycles. The standard InChI is InChI=1S/C22H23NO5/c1-22(2)27-18-12-11-16-19(21(18)28-22)15-5-3-4-6-17(15)26-20(16)13-7-9-14(10-8-13)23(24)25/h7-12,15,17,20H,3-6H2,1-2H3. The van der Waals surface area contributed by atoms with Gasteiger partial charge in [-0.25, -0.2) is 0 Å². The van der Waals surface area contributed by atoms with Crippen LogP contribution in [0.1, 0.15) is 68.2 Å². The summed E-state index contributed by atoms with van der Waals surface area (Å²) >= 11 is 0. The summed E-state index contributed by atoms with van der Waals surface area (Å²) in [6.45, 7) is 3.84. The van der Waals surface area contributed by atoms with Gasteiger partial charge in [0.25, 0.3) is 5.69 Å². The van der Waals surface area contributed by atoms with Crippen molar-refractivity contribution in [3.8, 4) is 11.5 Å². The van der Waals surface area contributed by atoms with Gasteiger partial charge in [-0.3, -0.25) is 10.1 Å². The maximum absolute atomic E-state index is 11.0. The molecule has 1 aliphatic carbocycles. The Labute approximate surface area is 163 Å². The number of fused-ring (bicyclic) bond motifs is 5. The fourth-order valence-corrected chi connectivity index (χ4v) is 4.79. The van der Waals surface area contributed by atoms with Crippen LogP contribution >= 0.6 is 0 Å². The first-order valence-electron chi connectivity index (χ1n) is 9.87. The molecule has 2 aliphatic heterocycles. The molecule has 2 aromatic rings. The zero-order valence-corrected chi connectivity index (χ0v) is 16.0. The number of ether oxygens (including phenoxy) is 3. The summed E-state index contributed by atoms with van der Waals surface area (Å²) in [5, 5.41) is 11.0. The molecule has 1 saturated carbocycles. The van der Waals surface area contributed by atoms with Gasteiger partial charge >= 0.3 is 0 Å². The highest BCUT2D eigenvalue weighted by atomic mass is 16.7. The molecule has 146 valence electrons. The summed E-state index contributed by atoms with van der Waals surface area (Å²) in [5.74, 6) is 1.25. The third-order valence-corrected chi connectivity index (χ3v) is 5.97. The van der Waals surface area contributed by atoms with Crippen molar-refractivity contribution in [2.45, 2.75) is 63.4 Å². The molecular weight excluding hydrogens is 358 g/mol. The van der Waals surface area contributed by atoms with E-state index in [0.29, 0.717) is 5.92 Å². The van der Waals surface area contributed by atoms with Crippen molar-refractivity contribution in [3.05, 3.63) is 63.2 Å². The summed E-state index contributed by atoms with van der Waals surface area (Å²) in [4.78, 5) is 10.6. The molecule has 28 heavy (non-hydrogen) atoms. The van der Waals surface area contributed by atoms with E-state index in [2.05, 4.69) is 6.07 Å². The van der Waals surface area contributed by atoms with Crippen molar-refractivity contribution in [1.82, 2.24) is 0 Å². The lowest BCUT2D eigenvalue weighted by Gasteiger charge is -2.41. The molecule has 3 unspecified atom stereocenters. The first-order chi connectivity index (χ1) is 13.4. The number of nitro groups is 1. The number of benzene rings is 2. The minimum absolute atomic E-state index is 0.0859. The van der Waals surface area contributed by atoms with Crippen molar-refractivity contribution in [1.29, 1.82) is 0 Å². The molecule has 1 fully saturated rings. The topological polar surface area (TPSA) is 70.8 Å². The van der Waals surface area contributed by atoms with Crippen molar-refractivity contribution >= 4 is 5.69 Å². The minimum Gasteiger partial charge on any atom is -0.449 e.